The third kappa shape index (κ3) is 5.24. The summed E-state index contributed by atoms with van der Waals surface area (Å²) in [5, 5.41) is 6.28. The SMILES string of the molecule is Cc1ccccc1C(=O)Nc1ccc(N2CCc3ccccc3C2)c(C(=O)NC2CCCCC2)c1. The first kappa shape index (κ1) is 23.2. The maximum atomic E-state index is 13.5. The van der Waals surface area contributed by atoms with Gasteiger partial charge in [-0.3, -0.25) is 9.59 Å². The summed E-state index contributed by atoms with van der Waals surface area (Å²) < 4.78 is 0. The number of nitrogens with zero attached hydrogens (tertiary/aromatic N) is 1. The number of hydrogen-bond acceptors (Lipinski definition) is 3. The minimum atomic E-state index is -0.165. The van der Waals surface area contributed by atoms with Crippen molar-refractivity contribution in [3.8, 4) is 0 Å². The summed E-state index contributed by atoms with van der Waals surface area (Å²) in [5.74, 6) is -0.223. The average Bonchev–Trinajstić information content (AvgIpc) is 2.89. The van der Waals surface area contributed by atoms with Crippen LogP contribution in [0.15, 0.2) is 66.7 Å². The second-order valence-electron chi connectivity index (χ2n) is 9.75. The molecule has 0 atom stereocenters. The van der Waals surface area contributed by atoms with Gasteiger partial charge >= 0.3 is 0 Å². The standard InChI is InChI=1S/C30H33N3O2/c1-21-9-5-8-14-26(21)29(34)32-25-15-16-28(33-18-17-22-10-6-7-11-23(22)20-33)27(19-25)30(35)31-24-12-3-2-4-13-24/h5-11,14-16,19,24H,2-4,12-13,17-18,20H2,1H3,(H,31,35)(H,32,34). The molecule has 3 aromatic rings. The highest BCUT2D eigenvalue weighted by molar-refractivity contribution is 6.07. The maximum absolute atomic E-state index is 13.5. The Balaban J connectivity index is 1.43. The van der Waals surface area contributed by atoms with Crippen LogP contribution in [0.4, 0.5) is 11.4 Å². The van der Waals surface area contributed by atoms with Gasteiger partial charge in [0.05, 0.1) is 5.56 Å². The molecule has 0 unspecified atom stereocenters. The summed E-state index contributed by atoms with van der Waals surface area (Å²) in [6, 6.07) is 22.0. The largest absolute Gasteiger partial charge is 0.366 e. The summed E-state index contributed by atoms with van der Waals surface area (Å²) in [7, 11) is 0. The predicted molar refractivity (Wildman–Crippen MR) is 141 cm³/mol. The molecule has 5 nitrogen and oxygen atoms in total. The van der Waals surface area contributed by atoms with Crippen LogP contribution in [0.1, 0.15) is 69.5 Å². The van der Waals surface area contributed by atoms with Crippen LogP contribution in [-0.2, 0) is 13.0 Å². The topological polar surface area (TPSA) is 61.4 Å². The van der Waals surface area contributed by atoms with Gasteiger partial charge in [0.25, 0.3) is 11.8 Å². The number of rotatable bonds is 5. The van der Waals surface area contributed by atoms with Crippen molar-refractivity contribution in [1.29, 1.82) is 0 Å². The number of benzene rings is 3. The number of nitrogens with one attached hydrogen (secondary N) is 2. The Morgan fingerprint density at radius 1 is 0.829 bits per heavy atom. The Labute approximate surface area is 207 Å². The van der Waals surface area contributed by atoms with Gasteiger partial charge in [0.1, 0.15) is 0 Å². The van der Waals surface area contributed by atoms with E-state index in [1.165, 1.54) is 17.5 Å². The van der Waals surface area contributed by atoms with Gasteiger partial charge in [-0.05, 0) is 67.1 Å². The Morgan fingerprint density at radius 3 is 2.37 bits per heavy atom. The molecule has 1 aliphatic heterocycles. The molecule has 1 fully saturated rings. The summed E-state index contributed by atoms with van der Waals surface area (Å²) >= 11 is 0. The summed E-state index contributed by atoms with van der Waals surface area (Å²) in [5.41, 5.74) is 6.40. The summed E-state index contributed by atoms with van der Waals surface area (Å²) in [6.45, 7) is 3.56. The van der Waals surface area contributed by atoms with Crippen molar-refractivity contribution in [2.45, 2.75) is 58.0 Å². The highest BCUT2D eigenvalue weighted by atomic mass is 16.2. The van der Waals surface area contributed by atoms with Crippen molar-refractivity contribution in [3.63, 3.8) is 0 Å². The molecule has 5 rings (SSSR count). The average molecular weight is 468 g/mol. The second-order valence-corrected chi connectivity index (χ2v) is 9.75. The Bertz CT molecular complexity index is 1230. The Morgan fingerprint density at radius 2 is 1.57 bits per heavy atom. The van der Waals surface area contributed by atoms with Crippen molar-refractivity contribution in [2.24, 2.45) is 0 Å². The maximum Gasteiger partial charge on any atom is 0.255 e. The van der Waals surface area contributed by atoms with Gasteiger partial charge < -0.3 is 15.5 Å². The highest BCUT2D eigenvalue weighted by Crippen LogP contribution is 2.30. The van der Waals surface area contributed by atoms with E-state index < -0.39 is 0 Å². The molecule has 2 N–H and O–H groups in total. The van der Waals surface area contributed by atoms with E-state index in [0.717, 1.165) is 56.4 Å². The molecule has 1 aliphatic carbocycles. The molecule has 2 amide bonds. The van der Waals surface area contributed by atoms with Crippen LogP contribution < -0.4 is 15.5 Å². The van der Waals surface area contributed by atoms with Gasteiger partial charge in [0, 0.05) is 36.1 Å². The molecule has 180 valence electrons. The van der Waals surface area contributed by atoms with Gasteiger partial charge in [0.2, 0.25) is 0 Å². The third-order valence-corrected chi connectivity index (χ3v) is 7.30. The van der Waals surface area contributed by atoms with Crippen molar-refractivity contribution in [2.75, 3.05) is 16.8 Å². The smallest absolute Gasteiger partial charge is 0.255 e. The lowest BCUT2D eigenvalue weighted by Crippen LogP contribution is -2.38. The van der Waals surface area contributed by atoms with Crippen molar-refractivity contribution < 1.29 is 9.59 Å². The van der Waals surface area contributed by atoms with Crippen LogP contribution in [0.3, 0.4) is 0 Å². The van der Waals surface area contributed by atoms with Gasteiger partial charge in [-0.15, -0.1) is 0 Å². The van der Waals surface area contributed by atoms with Gasteiger partial charge in [0.15, 0.2) is 0 Å². The number of amides is 2. The minimum absolute atomic E-state index is 0.0576. The van der Waals surface area contributed by atoms with E-state index in [2.05, 4.69) is 39.8 Å². The first-order valence-electron chi connectivity index (χ1n) is 12.7. The lowest BCUT2D eigenvalue weighted by Gasteiger charge is -2.32. The van der Waals surface area contributed by atoms with E-state index in [1.54, 1.807) is 0 Å². The van der Waals surface area contributed by atoms with Gasteiger partial charge in [-0.2, -0.15) is 0 Å². The first-order valence-corrected chi connectivity index (χ1v) is 12.7. The van der Waals surface area contributed by atoms with Crippen LogP contribution in [0, 0.1) is 6.92 Å². The monoisotopic (exact) mass is 467 g/mol. The quantitative estimate of drug-likeness (QED) is 0.493. The van der Waals surface area contributed by atoms with E-state index in [9.17, 15) is 9.59 Å². The number of hydrogen-bond donors (Lipinski definition) is 2. The molecule has 1 heterocycles. The minimum Gasteiger partial charge on any atom is -0.366 e. The molecule has 2 aliphatic rings. The molecular formula is C30H33N3O2. The summed E-state index contributed by atoms with van der Waals surface area (Å²) in [4.78, 5) is 28.8. The molecule has 5 heteroatoms. The number of aryl methyl sites for hydroxylation is 1. The Hall–Kier alpha value is -3.60. The number of carbonyl (C=O) groups excluding carboxylic acids is 2. The van der Waals surface area contributed by atoms with Crippen molar-refractivity contribution in [3.05, 3.63) is 94.5 Å². The first-order chi connectivity index (χ1) is 17.1. The van der Waals surface area contributed by atoms with Crippen molar-refractivity contribution in [1.82, 2.24) is 5.32 Å². The predicted octanol–water partition coefficient (Wildman–Crippen LogP) is 5.87. The molecule has 0 aromatic heterocycles. The van der Waals surface area contributed by atoms with Crippen molar-refractivity contribution >= 4 is 23.2 Å². The fourth-order valence-corrected chi connectivity index (χ4v) is 5.31. The highest BCUT2D eigenvalue weighted by Gasteiger charge is 2.24. The normalized spacial score (nSPS) is 15.9. The zero-order valence-corrected chi connectivity index (χ0v) is 20.3. The fraction of sp³-hybridized carbons (Fsp3) is 0.333. The fourth-order valence-electron chi connectivity index (χ4n) is 5.31. The molecule has 3 aromatic carbocycles. The van der Waals surface area contributed by atoms with Crippen LogP contribution in [-0.4, -0.2) is 24.4 Å². The van der Waals surface area contributed by atoms with E-state index >= 15 is 0 Å². The Kier molecular flexibility index (Phi) is 6.84. The number of fused-ring (bicyclic) bond motifs is 1. The second kappa shape index (κ2) is 10.3. The molecule has 35 heavy (non-hydrogen) atoms. The van der Waals surface area contributed by atoms with E-state index in [-0.39, 0.29) is 17.9 Å². The molecule has 0 radical (unpaired) electrons. The zero-order chi connectivity index (χ0) is 24.2. The van der Waals surface area contributed by atoms with Gasteiger partial charge in [-0.1, -0.05) is 61.7 Å². The zero-order valence-electron chi connectivity index (χ0n) is 20.3. The molecule has 1 saturated carbocycles. The van der Waals surface area contributed by atoms with Crippen LogP contribution in [0.25, 0.3) is 0 Å². The molecular weight excluding hydrogens is 434 g/mol. The van der Waals surface area contributed by atoms with Crippen LogP contribution in [0.2, 0.25) is 0 Å². The summed E-state index contributed by atoms with van der Waals surface area (Å²) in [6.07, 6.45) is 6.57. The lowest BCUT2D eigenvalue weighted by atomic mass is 9.95. The van der Waals surface area contributed by atoms with E-state index in [0.29, 0.717) is 16.8 Å². The lowest BCUT2D eigenvalue weighted by molar-refractivity contribution is 0.0927. The molecule has 0 bridgehead atoms. The van der Waals surface area contributed by atoms with E-state index in [4.69, 9.17) is 0 Å². The van der Waals surface area contributed by atoms with E-state index in [1.807, 2.05) is 49.4 Å². The molecule has 0 saturated heterocycles. The van der Waals surface area contributed by atoms with Gasteiger partial charge in [-0.25, -0.2) is 0 Å². The molecule has 0 spiro atoms. The van der Waals surface area contributed by atoms with Crippen LogP contribution >= 0.6 is 0 Å². The van der Waals surface area contributed by atoms with Crippen LogP contribution in [0.5, 0.6) is 0 Å². The number of anilines is 2. The third-order valence-electron chi connectivity index (χ3n) is 7.30. The number of carbonyl (C=O) groups is 2.